The Labute approximate surface area is 119 Å². The number of carboxylic acids is 1. The maximum atomic E-state index is 11.8. The van der Waals surface area contributed by atoms with E-state index in [2.05, 4.69) is 6.92 Å². The van der Waals surface area contributed by atoms with Gasteiger partial charge in [0.25, 0.3) is 0 Å². The number of pyridine rings is 1. The number of hydrogen-bond acceptors (Lipinski definition) is 2. The number of hydrogen-bond donors (Lipinski definition) is 1. The van der Waals surface area contributed by atoms with Crippen LogP contribution in [0.4, 0.5) is 0 Å². The summed E-state index contributed by atoms with van der Waals surface area (Å²) >= 11 is 0. The molecule has 20 heavy (non-hydrogen) atoms. The highest BCUT2D eigenvalue weighted by atomic mass is 16.4. The van der Waals surface area contributed by atoms with Crippen LogP contribution in [0.15, 0.2) is 16.9 Å². The molecule has 1 aromatic heterocycles. The minimum Gasteiger partial charge on any atom is -0.481 e. The van der Waals surface area contributed by atoms with E-state index >= 15 is 0 Å². The molecule has 0 atom stereocenters. The fourth-order valence-electron chi connectivity index (χ4n) is 3.19. The lowest BCUT2D eigenvalue weighted by atomic mass is 9.70. The Kier molecular flexibility index (Phi) is 4.02. The van der Waals surface area contributed by atoms with Gasteiger partial charge in [-0.25, -0.2) is 0 Å². The van der Waals surface area contributed by atoms with Crippen molar-refractivity contribution >= 4 is 5.97 Å². The normalized spacial score (nSPS) is 26.4. The van der Waals surface area contributed by atoms with Gasteiger partial charge in [0.2, 0.25) is 0 Å². The molecular formula is C16H23NO3. The minimum atomic E-state index is -0.707. The molecule has 0 saturated heterocycles. The zero-order valence-electron chi connectivity index (χ0n) is 12.5. The van der Waals surface area contributed by atoms with Gasteiger partial charge in [0.05, 0.1) is 5.41 Å². The summed E-state index contributed by atoms with van der Waals surface area (Å²) in [6, 6.07) is 3.15. The second-order valence-corrected chi connectivity index (χ2v) is 6.33. The van der Waals surface area contributed by atoms with Gasteiger partial charge in [-0.1, -0.05) is 6.92 Å². The Morgan fingerprint density at radius 1 is 1.30 bits per heavy atom. The van der Waals surface area contributed by atoms with E-state index in [4.69, 9.17) is 0 Å². The lowest BCUT2D eigenvalue weighted by Gasteiger charge is -2.37. The molecule has 0 bridgehead atoms. The highest BCUT2D eigenvalue weighted by Crippen LogP contribution is 2.40. The fraction of sp³-hybridized carbons (Fsp3) is 0.625. The molecule has 0 aliphatic heterocycles. The molecule has 1 fully saturated rings. The van der Waals surface area contributed by atoms with Crippen LogP contribution in [0.1, 0.15) is 44.0 Å². The van der Waals surface area contributed by atoms with E-state index < -0.39 is 11.4 Å². The molecule has 0 aromatic carbocycles. The monoisotopic (exact) mass is 277 g/mol. The maximum absolute atomic E-state index is 11.8. The zero-order valence-corrected chi connectivity index (χ0v) is 12.5. The van der Waals surface area contributed by atoms with Crippen molar-refractivity contribution in [3.8, 4) is 0 Å². The van der Waals surface area contributed by atoms with Crippen LogP contribution in [0, 0.1) is 25.2 Å². The van der Waals surface area contributed by atoms with Crippen molar-refractivity contribution in [2.24, 2.45) is 11.3 Å². The standard InChI is InChI=1S/C16H23NO3/c1-11-4-6-16(7-5-11,15(19)20)10-17-12(2)8-14(18)9-13(17)3/h8-9,11H,4-7,10H2,1-3H3,(H,19,20). The lowest BCUT2D eigenvalue weighted by molar-refractivity contribution is -0.152. The SMILES string of the molecule is Cc1cc(=O)cc(C)n1CC1(C(=O)O)CCC(C)CC1. The van der Waals surface area contributed by atoms with Gasteiger partial charge in [-0.2, -0.15) is 0 Å². The third-order valence-electron chi connectivity index (χ3n) is 4.70. The third-order valence-corrected chi connectivity index (χ3v) is 4.70. The van der Waals surface area contributed by atoms with Crippen molar-refractivity contribution in [2.75, 3.05) is 0 Å². The summed E-state index contributed by atoms with van der Waals surface area (Å²) in [5.41, 5.74) is 0.985. The molecule has 110 valence electrons. The van der Waals surface area contributed by atoms with Crippen LogP contribution in [0.25, 0.3) is 0 Å². The first-order valence-corrected chi connectivity index (χ1v) is 7.25. The molecule has 0 unspecified atom stereocenters. The number of nitrogens with zero attached hydrogens (tertiary/aromatic N) is 1. The first-order chi connectivity index (χ1) is 9.34. The van der Waals surface area contributed by atoms with E-state index in [0.29, 0.717) is 25.3 Å². The summed E-state index contributed by atoms with van der Waals surface area (Å²) in [5.74, 6) is -0.0967. The Morgan fingerprint density at radius 3 is 2.25 bits per heavy atom. The van der Waals surface area contributed by atoms with Gasteiger partial charge in [-0.3, -0.25) is 9.59 Å². The molecule has 0 amide bonds. The summed E-state index contributed by atoms with van der Waals surface area (Å²) in [7, 11) is 0. The largest absolute Gasteiger partial charge is 0.481 e. The predicted octanol–water partition coefficient (Wildman–Crippen LogP) is 2.75. The topological polar surface area (TPSA) is 59.3 Å². The van der Waals surface area contributed by atoms with Gasteiger partial charge < -0.3 is 9.67 Å². The third kappa shape index (κ3) is 2.79. The van der Waals surface area contributed by atoms with Crippen molar-refractivity contribution in [3.05, 3.63) is 33.7 Å². The minimum absolute atomic E-state index is 0.0158. The van der Waals surface area contributed by atoms with E-state index in [1.165, 1.54) is 0 Å². The second kappa shape index (κ2) is 5.43. The molecule has 1 aliphatic rings. The smallest absolute Gasteiger partial charge is 0.311 e. The molecule has 0 spiro atoms. The molecule has 4 heteroatoms. The van der Waals surface area contributed by atoms with Crippen LogP contribution in [-0.4, -0.2) is 15.6 Å². The van der Waals surface area contributed by atoms with Crippen LogP contribution < -0.4 is 5.43 Å². The summed E-state index contributed by atoms with van der Waals surface area (Å²) in [6.07, 6.45) is 3.36. The van der Waals surface area contributed by atoms with Crippen LogP contribution in [-0.2, 0) is 11.3 Å². The van der Waals surface area contributed by atoms with Gasteiger partial charge in [0.1, 0.15) is 0 Å². The lowest BCUT2D eigenvalue weighted by Crippen LogP contribution is -2.40. The highest BCUT2D eigenvalue weighted by molar-refractivity contribution is 5.74. The summed E-state index contributed by atoms with van der Waals surface area (Å²) < 4.78 is 1.98. The van der Waals surface area contributed by atoms with Crippen molar-refractivity contribution < 1.29 is 9.90 Å². The van der Waals surface area contributed by atoms with Crippen molar-refractivity contribution in [1.82, 2.24) is 4.57 Å². The number of rotatable bonds is 3. The molecule has 1 heterocycles. The Morgan fingerprint density at radius 2 is 1.80 bits per heavy atom. The summed E-state index contributed by atoms with van der Waals surface area (Å²) in [5, 5.41) is 9.70. The molecule has 1 aromatic rings. The van der Waals surface area contributed by atoms with Crippen molar-refractivity contribution in [3.63, 3.8) is 0 Å². The van der Waals surface area contributed by atoms with Gasteiger partial charge in [0, 0.05) is 30.1 Å². The maximum Gasteiger partial charge on any atom is 0.311 e. The first-order valence-electron chi connectivity index (χ1n) is 7.25. The van der Waals surface area contributed by atoms with E-state index in [1.807, 2.05) is 18.4 Å². The Bertz CT molecular complexity index is 539. The Balaban J connectivity index is 2.35. The van der Waals surface area contributed by atoms with Gasteiger partial charge >= 0.3 is 5.97 Å². The predicted molar refractivity (Wildman–Crippen MR) is 77.9 cm³/mol. The molecule has 0 radical (unpaired) electrons. The number of carbonyl (C=O) groups is 1. The molecule has 1 N–H and O–H groups in total. The highest BCUT2D eigenvalue weighted by Gasteiger charge is 2.41. The average molecular weight is 277 g/mol. The number of aliphatic carboxylic acids is 1. The Hall–Kier alpha value is -1.58. The van der Waals surface area contributed by atoms with Crippen LogP contribution in [0.3, 0.4) is 0 Å². The summed E-state index contributed by atoms with van der Waals surface area (Å²) in [6.45, 7) is 6.39. The van der Waals surface area contributed by atoms with Crippen molar-refractivity contribution in [1.29, 1.82) is 0 Å². The first kappa shape index (κ1) is 14.8. The van der Waals surface area contributed by atoms with Crippen LogP contribution >= 0.6 is 0 Å². The van der Waals surface area contributed by atoms with E-state index in [0.717, 1.165) is 24.2 Å². The van der Waals surface area contributed by atoms with E-state index in [1.54, 1.807) is 12.1 Å². The quantitative estimate of drug-likeness (QED) is 0.924. The number of aryl methyl sites for hydroxylation is 2. The fourth-order valence-corrected chi connectivity index (χ4v) is 3.19. The van der Waals surface area contributed by atoms with Crippen LogP contribution in [0.5, 0.6) is 0 Å². The second-order valence-electron chi connectivity index (χ2n) is 6.33. The molecule has 4 nitrogen and oxygen atoms in total. The molecule has 1 saturated carbocycles. The van der Waals surface area contributed by atoms with Gasteiger partial charge in [-0.15, -0.1) is 0 Å². The number of carboxylic acid groups (broad SMARTS) is 1. The molecular weight excluding hydrogens is 254 g/mol. The zero-order chi connectivity index (χ0) is 14.9. The van der Waals surface area contributed by atoms with E-state index in [9.17, 15) is 14.7 Å². The van der Waals surface area contributed by atoms with E-state index in [-0.39, 0.29) is 5.43 Å². The average Bonchev–Trinajstić information content (AvgIpc) is 2.36. The number of aromatic nitrogens is 1. The van der Waals surface area contributed by atoms with Gasteiger partial charge in [-0.05, 0) is 45.4 Å². The van der Waals surface area contributed by atoms with Crippen LogP contribution in [0.2, 0.25) is 0 Å². The van der Waals surface area contributed by atoms with Crippen molar-refractivity contribution in [2.45, 2.75) is 53.0 Å². The molecule has 2 rings (SSSR count). The van der Waals surface area contributed by atoms with Gasteiger partial charge in [0.15, 0.2) is 5.43 Å². The molecule has 1 aliphatic carbocycles. The summed E-state index contributed by atoms with van der Waals surface area (Å²) in [4.78, 5) is 23.3.